The van der Waals surface area contributed by atoms with E-state index >= 15 is 0 Å². The molecule has 2 aliphatic carbocycles. The average Bonchev–Trinajstić information content (AvgIpc) is 2.84. The van der Waals surface area contributed by atoms with Gasteiger partial charge >= 0.3 is 0 Å². The van der Waals surface area contributed by atoms with E-state index in [-0.39, 0.29) is 5.60 Å². The first kappa shape index (κ1) is 12.9. The van der Waals surface area contributed by atoms with E-state index in [9.17, 15) is 5.11 Å². The molecule has 0 aromatic heterocycles. The van der Waals surface area contributed by atoms with E-state index in [1.807, 2.05) is 0 Å². The Morgan fingerprint density at radius 1 is 0.889 bits per heavy atom. The Hall–Kier alpha value is -0.0800. The number of rotatable bonds is 2. The summed E-state index contributed by atoms with van der Waals surface area (Å²) in [5.41, 5.74) is 0.303. The van der Waals surface area contributed by atoms with E-state index in [0.717, 1.165) is 45.3 Å². The van der Waals surface area contributed by atoms with E-state index in [0.29, 0.717) is 11.3 Å². The van der Waals surface area contributed by atoms with E-state index in [2.05, 4.69) is 0 Å². The molecule has 1 heterocycles. The number of aliphatic hydroxyl groups is 1. The maximum Gasteiger partial charge on any atom is 0.0650 e. The second-order valence-electron chi connectivity index (χ2n) is 7.19. The molecule has 2 saturated carbocycles. The summed E-state index contributed by atoms with van der Waals surface area (Å²) in [6.45, 7) is 1.81. The van der Waals surface area contributed by atoms with Gasteiger partial charge in [0.25, 0.3) is 0 Å². The van der Waals surface area contributed by atoms with Crippen LogP contribution in [0.25, 0.3) is 0 Å². The van der Waals surface area contributed by atoms with Gasteiger partial charge in [-0.2, -0.15) is 0 Å². The Morgan fingerprint density at radius 2 is 1.50 bits per heavy atom. The van der Waals surface area contributed by atoms with E-state index in [4.69, 9.17) is 4.74 Å². The lowest BCUT2D eigenvalue weighted by Crippen LogP contribution is -2.40. The van der Waals surface area contributed by atoms with Crippen LogP contribution in [0.4, 0.5) is 0 Å². The van der Waals surface area contributed by atoms with Crippen LogP contribution in [0.5, 0.6) is 0 Å². The summed E-state index contributed by atoms with van der Waals surface area (Å²) in [6.07, 6.45) is 13.8. The first-order valence-electron chi connectivity index (χ1n) is 8.00. The number of hydrogen-bond acceptors (Lipinski definition) is 2. The SMILES string of the molecule is OC1(CC2CCOCC2)CCC2(CCCC2)CC1. The minimum absolute atomic E-state index is 0.337. The second-order valence-corrected chi connectivity index (χ2v) is 7.19. The van der Waals surface area contributed by atoms with Gasteiger partial charge in [-0.15, -0.1) is 0 Å². The zero-order chi connectivity index (χ0) is 12.5. The Kier molecular flexibility index (Phi) is 3.68. The van der Waals surface area contributed by atoms with Crippen LogP contribution in [-0.2, 0) is 4.74 Å². The largest absolute Gasteiger partial charge is 0.390 e. The van der Waals surface area contributed by atoms with Crippen LogP contribution in [-0.4, -0.2) is 23.9 Å². The maximum absolute atomic E-state index is 10.8. The van der Waals surface area contributed by atoms with Gasteiger partial charge in [-0.3, -0.25) is 0 Å². The average molecular weight is 252 g/mol. The zero-order valence-electron chi connectivity index (χ0n) is 11.6. The topological polar surface area (TPSA) is 29.5 Å². The molecule has 3 aliphatic rings. The summed E-state index contributed by atoms with van der Waals surface area (Å²) in [7, 11) is 0. The van der Waals surface area contributed by atoms with Crippen LogP contribution >= 0.6 is 0 Å². The van der Waals surface area contributed by atoms with Crippen molar-refractivity contribution < 1.29 is 9.84 Å². The van der Waals surface area contributed by atoms with Crippen molar-refractivity contribution in [2.24, 2.45) is 11.3 Å². The molecule has 0 bridgehead atoms. The fourth-order valence-corrected chi connectivity index (χ4v) is 4.56. The maximum atomic E-state index is 10.8. The molecule has 2 heteroatoms. The Balaban J connectivity index is 1.53. The monoisotopic (exact) mass is 252 g/mol. The van der Waals surface area contributed by atoms with Gasteiger partial charge in [0.05, 0.1) is 5.60 Å². The van der Waals surface area contributed by atoms with Crippen molar-refractivity contribution in [3.8, 4) is 0 Å². The van der Waals surface area contributed by atoms with Crippen molar-refractivity contribution in [1.82, 2.24) is 0 Å². The molecule has 0 aromatic rings. The lowest BCUT2D eigenvalue weighted by molar-refractivity contribution is -0.0610. The van der Waals surface area contributed by atoms with Crippen molar-refractivity contribution in [1.29, 1.82) is 0 Å². The summed E-state index contributed by atoms with van der Waals surface area (Å²) in [5, 5.41) is 10.8. The number of hydrogen-bond donors (Lipinski definition) is 1. The molecule has 1 spiro atoms. The Morgan fingerprint density at radius 3 is 2.11 bits per heavy atom. The van der Waals surface area contributed by atoms with E-state index < -0.39 is 0 Å². The first-order valence-corrected chi connectivity index (χ1v) is 8.00. The molecule has 0 unspecified atom stereocenters. The predicted octanol–water partition coefficient (Wildman–Crippen LogP) is 3.67. The molecule has 2 nitrogen and oxygen atoms in total. The Labute approximate surface area is 111 Å². The van der Waals surface area contributed by atoms with Crippen LogP contribution in [0.3, 0.4) is 0 Å². The molecule has 0 aromatic carbocycles. The van der Waals surface area contributed by atoms with Gasteiger partial charge in [0, 0.05) is 13.2 Å². The minimum Gasteiger partial charge on any atom is -0.390 e. The summed E-state index contributed by atoms with van der Waals surface area (Å²) >= 11 is 0. The fraction of sp³-hybridized carbons (Fsp3) is 1.00. The van der Waals surface area contributed by atoms with Gasteiger partial charge in [0.1, 0.15) is 0 Å². The molecule has 3 rings (SSSR count). The highest BCUT2D eigenvalue weighted by Crippen LogP contribution is 2.52. The highest BCUT2D eigenvalue weighted by molar-refractivity contribution is 4.96. The summed E-state index contributed by atoms with van der Waals surface area (Å²) in [5.74, 6) is 0.710. The van der Waals surface area contributed by atoms with Gasteiger partial charge in [-0.05, 0) is 69.1 Å². The zero-order valence-corrected chi connectivity index (χ0v) is 11.6. The van der Waals surface area contributed by atoms with Crippen LogP contribution in [0.2, 0.25) is 0 Å². The molecule has 0 radical (unpaired) electrons. The van der Waals surface area contributed by atoms with Crippen LogP contribution in [0.15, 0.2) is 0 Å². The minimum atomic E-state index is -0.337. The molecule has 0 atom stereocenters. The molecule has 1 aliphatic heterocycles. The molecular formula is C16H28O2. The molecule has 104 valence electrons. The quantitative estimate of drug-likeness (QED) is 0.812. The Bertz CT molecular complexity index is 265. The normalized spacial score (nSPS) is 31.8. The molecule has 1 N–H and O–H groups in total. The standard InChI is InChI=1S/C16H28O2/c17-16(13-14-3-11-18-12-4-14)9-7-15(8-10-16)5-1-2-6-15/h14,17H,1-13H2. The van der Waals surface area contributed by atoms with Gasteiger partial charge in [-0.1, -0.05) is 12.8 Å². The van der Waals surface area contributed by atoms with Crippen molar-refractivity contribution in [2.75, 3.05) is 13.2 Å². The molecule has 18 heavy (non-hydrogen) atoms. The summed E-state index contributed by atoms with van der Waals surface area (Å²) in [4.78, 5) is 0. The third-order valence-corrected chi connectivity index (χ3v) is 5.92. The summed E-state index contributed by atoms with van der Waals surface area (Å²) < 4.78 is 5.42. The summed E-state index contributed by atoms with van der Waals surface area (Å²) in [6, 6.07) is 0. The van der Waals surface area contributed by atoms with Crippen LogP contribution < -0.4 is 0 Å². The van der Waals surface area contributed by atoms with Crippen molar-refractivity contribution in [3.63, 3.8) is 0 Å². The molecule has 1 saturated heterocycles. The van der Waals surface area contributed by atoms with Crippen molar-refractivity contribution in [3.05, 3.63) is 0 Å². The third-order valence-electron chi connectivity index (χ3n) is 5.92. The first-order chi connectivity index (χ1) is 8.70. The molecule has 0 amide bonds. The van der Waals surface area contributed by atoms with Gasteiger partial charge in [0.15, 0.2) is 0 Å². The highest BCUT2D eigenvalue weighted by atomic mass is 16.5. The van der Waals surface area contributed by atoms with Gasteiger partial charge < -0.3 is 9.84 Å². The number of ether oxygens (including phenoxy) is 1. The van der Waals surface area contributed by atoms with Crippen LogP contribution in [0, 0.1) is 11.3 Å². The molecular weight excluding hydrogens is 224 g/mol. The second kappa shape index (κ2) is 5.13. The highest BCUT2D eigenvalue weighted by Gasteiger charge is 2.43. The third kappa shape index (κ3) is 2.75. The van der Waals surface area contributed by atoms with Gasteiger partial charge in [-0.25, -0.2) is 0 Å². The van der Waals surface area contributed by atoms with E-state index in [1.165, 1.54) is 38.5 Å². The lowest BCUT2D eigenvalue weighted by atomic mass is 9.65. The van der Waals surface area contributed by atoms with Crippen LogP contribution in [0.1, 0.15) is 70.6 Å². The predicted molar refractivity (Wildman–Crippen MR) is 72.5 cm³/mol. The van der Waals surface area contributed by atoms with E-state index in [1.54, 1.807) is 0 Å². The van der Waals surface area contributed by atoms with Crippen molar-refractivity contribution in [2.45, 2.75) is 76.2 Å². The van der Waals surface area contributed by atoms with Crippen molar-refractivity contribution >= 4 is 0 Å². The molecule has 3 fully saturated rings. The fourth-order valence-electron chi connectivity index (χ4n) is 4.56. The van der Waals surface area contributed by atoms with Gasteiger partial charge in [0.2, 0.25) is 0 Å². The smallest absolute Gasteiger partial charge is 0.0650 e. The lowest BCUT2D eigenvalue weighted by Gasteiger charge is -2.44.